The molecule has 2 atom stereocenters. The number of carbonyl (C=O) groups excluding carboxylic acids is 3. The number of hydrogen-bond acceptors (Lipinski definition) is 4. The first kappa shape index (κ1) is 33.4. The molecule has 3 aromatic carbocycles. The van der Waals surface area contributed by atoms with Crippen LogP contribution in [0.1, 0.15) is 80.0 Å². The van der Waals surface area contributed by atoms with Gasteiger partial charge in [-0.3, -0.25) is 9.59 Å². The molecule has 0 fully saturated rings. The summed E-state index contributed by atoms with van der Waals surface area (Å²) < 4.78 is 5.54. The van der Waals surface area contributed by atoms with Gasteiger partial charge < -0.3 is 20.3 Å². The summed E-state index contributed by atoms with van der Waals surface area (Å²) in [6, 6.07) is 19.4. The van der Waals surface area contributed by atoms with Gasteiger partial charge in [-0.2, -0.15) is 0 Å². The van der Waals surface area contributed by atoms with E-state index >= 15 is 0 Å². The van der Waals surface area contributed by atoms with Gasteiger partial charge in [-0.05, 0) is 88.3 Å². The second-order valence-corrected chi connectivity index (χ2v) is 12.3. The van der Waals surface area contributed by atoms with Crippen LogP contribution in [0.25, 0.3) is 0 Å². The molecule has 2 N–H and O–H groups in total. The van der Waals surface area contributed by atoms with E-state index < -0.39 is 23.8 Å². The Morgan fingerprint density at radius 3 is 2.07 bits per heavy atom. The average molecular weight is 586 g/mol. The van der Waals surface area contributed by atoms with Gasteiger partial charge in [0.15, 0.2) is 0 Å². The van der Waals surface area contributed by atoms with E-state index in [-0.39, 0.29) is 18.2 Å². The third kappa shape index (κ3) is 9.43. The zero-order valence-electron chi connectivity index (χ0n) is 26.9. The molecule has 2 unspecified atom stereocenters. The normalized spacial score (nSPS) is 12.7. The van der Waals surface area contributed by atoms with Gasteiger partial charge in [0, 0.05) is 18.7 Å². The third-order valence-electron chi connectivity index (χ3n) is 7.44. The van der Waals surface area contributed by atoms with Gasteiger partial charge in [-0.15, -0.1) is 0 Å². The third-order valence-corrected chi connectivity index (χ3v) is 7.44. The van der Waals surface area contributed by atoms with E-state index in [4.69, 9.17) is 4.74 Å². The number of ether oxygens (including phenoxy) is 1. The monoisotopic (exact) mass is 585 g/mol. The molecule has 0 bridgehead atoms. The fourth-order valence-electron chi connectivity index (χ4n) is 5.01. The number of aryl methyl sites for hydroxylation is 4. The van der Waals surface area contributed by atoms with Crippen LogP contribution in [0.4, 0.5) is 10.5 Å². The maximum absolute atomic E-state index is 14.6. The SMILES string of the molecule is CCCCN(C(=O)C(Cc1ccccc1)NC(=O)OC(C)(C)C)C(C(=O)Nc1c(C)cccc1C)c1ccc(C)c(C)c1. The standard InChI is InChI=1S/C36H47N3O4/c1-9-10-21-39(34(41)30(23-28-17-12-11-13-18-28)37-35(42)43-36(6,7)8)32(29-20-19-24(2)27(5)22-29)33(40)38-31-25(3)15-14-16-26(31)4/h11-20,22,30,32H,9-10,21,23H2,1-8H3,(H,37,42)(H,38,40). The van der Waals surface area contributed by atoms with Crippen molar-refractivity contribution in [2.75, 3.05) is 11.9 Å². The molecule has 0 aromatic heterocycles. The minimum Gasteiger partial charge on any atom is -0.444 e. The molecule has 0 saturated carbocycles. The zero-order valence-corrected chi connectivity index (χ0v) is 26.9. The summed E-state index contributed by atoms with van der Waals surface area (Å²) in [7, 11) is 0. The summed E-state index contributed by atoms with van der Waals surface area (Å²) in [4.78, 5) is 43.5. The van der Waals surface area contributed by atoms with E-state index in [0.29, 0.717) is 18.5 Å². The van der Waals surface area contributed by atoms with Crippen molar-refractivity contribution in [1.82, 2.24) is 10.2 Å². The molecule has 3 amide bonds. The molecule has 3 aromatic rings. The largest absolute Gasteiger partial charge is 0.444 e. The molecule has 0 heterocycles. The molecule has 0 aliphatic rings. The van der Waals surface area contributed by atoms with Crippen molar-refractivity contribution in [2.24, 2.45) is 0 Å². The number of hydrogen-bond donors (Lipinski definition) is 2. The van der Waals surface area contributed by atoms with Crippen molar-refractivity contribution < 1.29 is 19.1 Å². The highest BCUT2D eigenvalue weighted by Crippen LogP contribution is 2.29. The van der Waals surface area contributed by atoms with Gasteiger partial charge in [0.1, 0.15) is 17.7 Å². The Hall–Kier alpha value is -4.13. The summed E-state index contributed by atoms with van der Waals surface area (Å²) in [6.07, 6.45) is 1.08. The van der Waals surface area contributed by atoms with Crippen LogP contribution in [0.3, 0.4) is 0 Å². The van der Waals surface area contributed by atoms with Crippen molar-refractivity contribution in [3.8, 4) is 0 Å². The minimum absolute atomic E-state index is 0.250. The van der Waals surface area contributed by atoms with Gasteiger partial charge in [0.2, 0.25) is 5.91 Å². The predicted octanol–water partition coefficient (Wildman–Crippen LogP) is 7.36. The van der Waals surface area contributed by atoms with Crippen LogP contribution in [0, 0.1) is 27.7 Å². The number of benzene rings is 3. The summed E-state index contributed by atoms with van der Waals surface area (Å²) >= 11 is 0. The number of rotatable bonds is 11. The molecule has 0 spiro atoms. The van der Waals surface area contributed by atoms with Gasteiger partial charge in [-0.25, -0.2) is 4.79 Å². The first-order valence-electron chi connectivity index (χ1n) is 15.1. The second-order valence-electron chi connectivity index (χ2n) is 12.3. The van der Waals surface area contributed by atoms with Crippen LogP contribution in [-0.4, -0.2) is 41.0 Å². The Morgan fingerprint density at radius 1 is 0.837 bits per heavy atom. The molecule has 7 heteroatoms. The Morgan fingerprint density at radius 2 is 1.49 bits per heavy atom. The number of amides is 3. The summed E-state index contributed by atoms with van der Waals surface area (Å²) in [5.41, 5.74) is 5.59. The van der Waals surface area contributed by atoms with E-state index in [1.165, 1.54) is 0 Å². The number of nitrogens with zero attached hydrogens (tertiary/aromatic N) is 1. The first-order valence-corrected chi connectivity index (χ1v) is 15.1. The molecular formula is C36H47N3O4. The van der Waals surface area contributed by atoms with Crippen LogP contribution in [0.15, 0.2) is 66.7 Å². The summed E-state index contributed by atoms with van der Waals surface area (Å²) in [6.45, 7) is 15.7. The Labute approximate surface area is 257 Å². The van der Waals surface area contributed by atoms with Gasteiger partial charge >= 0.3 is 6.09 Å². The summed E-state index contributed by atoms with van der Waals surface area (Å²) in [5.74, 6) is -0.649. The Bertz CT molecular complexity index is 1390. The molecule has 0 aliphatic heterocycles. The van der Waals surface area contributed by atoms with E-state index in [0.717, 1.165) is 39.9 Å². The molecule has 43 heavy (non-hydrogen) atoms. The number of anilines is 1. The van der Waals surface area contributed by atoms with Crippen molar-refractivity contribution >= 4 is 23.6 Å². The van der Waals surface area contributed by atoms with E-state index in [9.17, 15) is 14.4 Å². The maximum Gasteiger partial charge on any atom is 0.408 e. The molecule has 0 radical (unpaired) electrons. The Balaban J connectivity index is 2.11. The average Bonchev–Trinajstić information content (AvgIpc) is 2.93. The topological polar surface area (TPSA) is 87.7 Å². The zero-order chi connectivity index (χ0) is 31.7. The fraction of sp³-hybridized carbons (Fsp3) is 0.417. The van der Waals surface area contributed by atoms with Crippen LogP contribution >= 0.6 is 0 Å². The minimum atomic E-state index is -0.948. The molecule has 3 rings (SSSR count). The number of nitrogens with one attached hydrogen (secondary N) is 2. The lowest BCUT2D eigenvalue weighted by molar-refractivity contribution is -0.140. The predicted molar refractivity (Wildman–Crippen MR) is 173 cm³/mol. The number of para-hydroxylation sites is 1. The second kappa shape index (κ2) is 14.9. The molecule has 7 nitrogen and oxygen atoms in total. The lowest BCUT2D eigenvalue weighted by Crippen LogP contribution is -2.53. The molecule has 0 aliphatic carbocycles. The number of carbonyl (C=O) groups is 3. The molecular weight excluding hydrogens is 538 g/mol. The van der Waals surface area contributed by atoms with Crippen LogP contribution in [-0.2, 0) is 20.7 Å². The van der Waals surface area contributed by atoms with Crippen molar-refractivity contribution in [2.45, 2.75) is 92.3 Å². The van der Waals surface area contributed by atoms with Crippen molar-refractivity contribution in [3.63, 3.8) is 0 Å². The highest BCUT2D eigenvalue weighted by molar-refractivity contribution is 6.00. The number of unbranched alkanes of at least 4 members (excludes halogenated alkanes) is 1. The Kier molecular flexibility index (Phi) is 11.5. The van der Waals surface area contributed by atoms with Crippen molar-refractivity contribution in [1.29, 1.82) is 0 Å². The van der Waals surface area contributed by atoms with Crippen LogP contribution in [0.5, 0.6) is 0 Å². The van der Waals surface area contributed by atoms with Crippen LogP contribution < -0.4 is 10.6 Å². The smallest absolute Gasteiger partial charge is 0.408 e. The van der Waals surface area contributed by atoms with Gasteiger partial charge in [0.25, 0.3) is 5.91 Å². The number of alkyl carbamates (subject to hydrolysis) is 1. The molecule has 0 saturated heterocycles. The summed E-state index contributed by atoms with van der Waals surface area (Å²) in [5, 5.41) is 5.97. The molecule has 230 valence electrons. The lowest BCUT2D eigenvalue weighted by atomic mass is 9.96. The van der Waals surface area contributed by atoms with Crippen LogP contribution in [0.2, 0.25) is 0 Å². The van der Waals surface area contributed by atoms with E-state index in [1.807, 2.05) is 101 Å². The first-order chi connectivity index (χ1) is 20.3. The van der Waals surface area contributed by atoms with E-state index in [2.05, 4.69) is 10.6 Å². The van der Waals surface area contributed by atoms with Crippen molar-refractivity contribution in [3.05, 3.63) is 100 Å². The lowest BCUT2D eigenvalue weighted by Gasteiger charge is -2.35. The van der Waals surface area contributed by atoms with Gasteiger partial charge in [0.05, 0.1) is 0 Å². The van der Waals surface area contributed by atoms with E-state index in [1.54, 1.807) is 25.7 Å². The quantitative estimate of drug-likeness (QED) is 0.246. The highest BCUT2D eigenvalue weighted by Gasteiger charge is 2.36. The maximum atomic E-state index is 14.6. The fourth-order valence-corrected chi connectivity index (χ4v) is 5.01. The van der Waals surface area contributed by atoms with Gasteiger partial charge in [-0.1, -0.05) is 80.1 Å². The highest BCUT2D eigenvalue weighted by atomic mass is 16.6.